The lowest BCUT2D eigenvalue weighted by Gasteiger charge is -2.17. The second-order valence-electron chi connectivity index (χ2n) is 6.91. The van der Waals surface area contributed by atoms with Gasteiger partial charge in [-0.05, 0) is 43.0 Å². The first-order valence-electron chi connectivity index (χ1n) is 9.15. The molecule has 1 amide bonds. The highest BCUT2D eigenvalue weighted by molar-refractivity contribution is 5.96. The third-order valence-corrected chi connectivity index (χ3v) is 4.10. The summed E-state index contributed by atoms with van der Waals surface area (Å²) < 4.78 is 10.5. The number of nitrogens with zero attached hydrogens (tertiary/aromatic N) is 2. The third kappa shape index (κ3) is 6.51. The summed E-state index contributed by atoms with van der Waals surface area (Å²) in [6.07, 6.45) is 1.77. The lowest BCUT2D eigenvalue weighted by molar-refractivity contribution is -0.122. The number of carbonyl (C=O) groups excluding carboxylic acids is 2. The van der Waals surface area contributed by atoms with Crippen LogP contribution >= 0.6 is 0 Å². The van der Waals surface area contributed by atoms with Crippen LogP contribution in [-0.4, -0.2) is 29.0 Å². The molecule has 2 rings (SSSR count). The van der Waals surface area contributed by atoms with E-state index in [-0.39, 0.29) is 24.2 Å². The molecule has 1 atom stereocenters. The number of ether oxygens (including phenoxy) is 1. The molecule has 0 aliphatic rings. The van der Waals surface area contributed by atoms with E-state index in [0.717, 1.165) is 0 Å². The van der Waals surface area contributed by atoms with Gasteiger partial charge in [-0.2, -0.15) is 0 Å². The maximum atomic E-state index is 12.3. The van der Waals surface area contributed by atoms with Gasteiger partial charge in [-0.3, -0.25) is 9.59 Å². The first-order valence-corrected chi connectivity index (χ1v) is 9.15. The van der Waals surface area contributed by atoms with E-state index >= 15 is 0 Å². The number of ketones is 1. The zero-order valence-corrected chi connectivity index (χ0v) is 16.3. The molecule has 146 valence electrons. The Morgan fingerprint density at radius 2 is 1.85 bits per heavy atom. The fraction of sp³-hybridized carbons (Fsp3) is 0.500. The van der Waals surface area contributed by atoms with Crippen molar-refractivity contribution >= 4 is 11.7 Å². The summed E-state index contributed by atoms with van der Waals surface area (Å²) in [5, 5.41) is 10.8. The van der Waals surface area contributed by atoms with Gasteiger partial charge in [0.2, 0.25) is 17.7 Å². The predicted octanol–water partition coefficient (Wildman–Crippen LogP) is 3.64. The Bertz CT molecular complexity index is 753. The molecule has 1 unspecified atom stereocenters. The van der Waals surface area contributed by atoms with Gasteiger partial charge in [-0.25, -0.2) is 0 Å². The number of hydrogen-bond donors (Lipinski definition) is 1. The Labute approximate surface area is 159 Å². The number of methoxy groups -OCH3 is 1. The van der Waals surface area contributed by atoms with Crippen LogP contribution in [0.15, 0.2) is 28.7 Å². The number of carbonyl (C=O) groups is 2. The number of nitrogens with one attached hydrogen (secondary N) is 1. The third-order valence-electron chi connectivity index (χ3n) is 4.10. The fourth-order valence-electron chi connectivity index (χ4n) is 2.74. The molecule has 27 heavy (non-hydrogen) atoms. The monoisotopic (exact) mass is 373 g/mol. The molecule has 1 N–H and O–H groups in total. The molecule has 7 nitrogen and oxygen atoms in total. The molecule has 0 fully saturated rings. The SMILES string of the molecule is COc1ccc(C(=O)CCCC(=O)NC(CC(C)C)c2nnc(C)o2)cc1. The normalized spacial score (nSPS) is 12.0. The first kappa shape index (κ1) is 20.6. The summed E-state index contributed by atoms with van der Waals surface area (Å²) in [7, 11) is 1.58. The van der Waals surface area contributed by atoms with Crippen molar-refractivity contribution in [2.45, 2.75) is 52.5 Å². The van der Waals surface area contributed by atoms with Crippen LogP contribution in [0.1, 0.15) is 67.7 Å². The summed E-state index contributed by atoms with van der Waals surface area (Å²) in [4.78, 5) is 24.5. The molecule has 0 spiro atoms. The second-order valence-corrected chi connectivity index (χ2v) is 6.91. The van der Waals surface area contributed by atoms with E-state index in [0.29, 0.717) is 48.3 Å². The average molecular weight is 373 g/mol. The summed E-state index contributed by atoms with van der Waals surface area (Å²) in [5.41, 5.74) is 0.621. The number of benzene rings is 1. The highest BCUT2D eigenvalue weighted by Gasteiger charge is 2.21. The Morgan fingerprint density at radius 1 is 1.15 bits per heavy atom. The van der Waals surface area contributed by atoms with Gasteiger partial charge < -0.3 is 14.5 Å². The highest BCUT2D eigenvalue weighted by Crippen LogP contribution is 2.20. The van der Waals surface area contributed by atoms with Crippen molar-refractivity contribution in [2.24, 2.45) is 5.92 Å². The van der Waals surface area contributed by atoms with Gasteiger partial charge in [-0.1, -0.05) is 13.8 Å². The number of hydrogen-bond acceptors (Lipinski definition) is 6. The number of Topliss-reactive ketones (excluding diaryl/α,β-unsaturated/α-hetero) is 1. The molecule has 1 aromatic heterocycles. The van der Waals surface area contributed by atoms with E-state index < -0.39 is 0 Å². The lowest BCUT2D eigenvalue weighted by atomic mass is 10.0. The van der Waals surface area contributed by atoms with Crippen LogP contribution in [0, 0.1) is 12.8 Å². The molecule has 7 heteroatoms. The molecule has 0 saturated heterocycles. The molecular weight excluding hydrogens is 346 g/mol. The highest BCUT2D eigenvalue weighted by atomic mass is 16.5. The molecule has 1 heterocycles. The van der Waals surface area contributed by atoms with Gasteiger partial charge in [0, 0.05) is 25.3 Å². The van der Waals surface area contributed by atoms with Gasteiger partial charge in [-0.15, -0.1) is 10.2 Å². The van der Waals surface area contributed by atoms with Crippen LogP contribution in [0.3, 0.4) is 0 Å². The van der Waals surface area contributed by atoms with E-state index in [1.54, 1.807) is 38.3 Å². The molecule has 0 saturated carbocycles. The zero-order chi connectivity index (χ0) is 19.8. The van der Waals surface area contributed by atoms with Crippen molar-refractivity contribution in [3.8, 4) is 5.75 Å². The van der Waals surface area contributed by atoms with Gasteiger partial charge >= 0.3 is 0 Å². The minimum atomic E-state index is -0.309. The maximum absolute atomic E-state index is 12.3. The first-order chi connectivity index (χ1) is 12.9. The molecule has 2 aromatic rings. The Morgan fingerprint density at radius 3 is 2.41 bits per heavy atom. The van der Waals surface area contributed by atoms with Crippen LogP contribution in [0.5, 0.6) is 5.75 Å². The molecule has 0 aliphatic heterocycles. The standard InChI is InChI=1S/C20H27N3O4/c1-13(2)12-17(20-23-22-14(3)27-20)21-19(25)7-5-6-18(24)15-8-10-16(26-4)11-9-15/h8-11,13,17H,5-7,12H2,1-4H3,(H,21,25). The number of aryl methyl sites for hydroxylation is 1. The molecule has 0 bridgehead atoms. The summed E-state index contributed by atoms with van der Waals surface area (Å²) in [6.45, 7) is 5.85. The predicted molar refractivity (Wildman–Crippen MR) is 101 cm³/mol. The van der Waals surface area contributed by atoms with Crippen molar-refractivity contribution < 1.29 is 18.7 Å². The second kappa shape index (κ2) is 9.85. The van der Waals surface area contributed by atoms with Crippen molar-refractivity contribution in [1.82, 2.24) is 15.5 Å². The van der Waals surface area contributed by atoms with E-state index in [9.17, 15) is 9.59 Å². The van der Waals surface area contributed by atoms with E-state index in [1.807, 2.05) is 0 Å². The number of amides is 1. The molecular formula is C20H27N3O4. The summed E-state index contributed by atoms with van der Waals surface area (Å²) >= 11 is 0. The van der Waals surface area contributed by atoms with E-state index in [2.05, 4.69) is 29.4 Å². The van der Waals surface area contributed by atoms with Crippen molar-refractivity contribution in [3.63, 3.8) is 0 Å². The minimum absolute atomic E-state index is 0.0108. The average Bonchev–Trinajstić information content (AvgIpc) is 3.07. The molecule has 0 aliphatic carbocycles. The smallest absolute Gasteiger partial charge is 0.238 e. The zero-order valence-electron chi connectivity index (χ0n) is 16.3. The van der Waals surface area contributed by atoms with Gasteiger partial charge in [0.25, 0.3) is 0 Å². The Balaban J connectivity index is 1.83. The van der Waals surface area contributed by atoms with Crippen LogP contribution in [0.25, 0.3) is 0 Å². The summed E-state index contributed by atoms with van der Waals surface area (Å²) in [5.74, 6) is 1.84. The van der Waals surface area contributed by atoms with Crippen LogP contribution in [0.2, 0.25) is 0 Å². The van der Waals surface area contributed by atoms with Gasteiger partial charge in [0.1, 0.15) is 11.8 Å². The number of aromatic nitrogens is 2. The Kier molecular flexibility index (Phi) is 7.52. The van der Waals surface area contributed by atoms with Crippen LogP contribution in [0.4, 0.5) is 0 Å². The number of rotatable bonds is 10. The summed E-state index contributed by atoms with van der Waals surface area (Å²) in [6, 6.07) is 6.66. The van der Waals surface area contributed by atoms with Gasteiger partial charge in [0.05, 0.1) is 7.11 Å². The van der Waals surface area contributed by atoms with Crippen molar-refractivity contribution in [2.75, 3.05) is 7.11 Å². The van der Waals surface area contributed by atoms with Crippen LogP contribution in [-0.2, 0) is 4.79 Å². The largest absolute Gasteiger partial charge is 0.497 e. The van der Waals surface area contributed by atoms with E-state index in [1.165, 1.54) is 0 Å². The Hall–Kier alpha value is -2.70. The van der Waals surface area contributed by atoms with Crippen molar-refractivity contribution in [1.29, 1.82) is 0 Å². The topological polar surface area (TPSA) is 94.3 Å². The van der Waals surface area contributed by atoms with Gasteiger partial charge in [0.15, 0.2) is 5.78 Å². The lowest BCUT2D eigenvalue weighted by Crippen LogP contribution is -2.29. The maximum Gasteiger partial charge on any atom is 0.238 e. The fourth-order valence-corrected chi connectivity index (χ4v) is 2.74. The molecule has 1 aromatic carbocycles. The molecule has 0 radical (unpaired) electrons. The quantitative estimate of drug-likeness (QED) is 0.639. The van der Waals surface area contributed by atoms with E-state index in [4.69, 9.17) is 9.15 Å². The minimum Gasteiger partial charge on any atom is -0.497 e. The van der Waals surface area contributed by atoms with Crippen LogP contribution < -0.4 is 10.1 Å². The van der Waals surface area contributed by atoms with Crippen molar-refractivity contribution in [3.05, 3.63) is 41.6 Å².